The van der Waals surface area contributed by atoms with Gasteiger partial charge in [-0.05, 0) is 55.2 Å². The summed E-state index contributed by atoms with van der Waals surface area (Å²) in [6.45, 7) is 0. The highest BCUT2D eigenvalue weighted by Crippen LogP contribution is 2.38. The van der Waals surface area contributed by atoms with Crippen molar-refractivity contribution in [1.82, 2.24) is 0 Å². The summed E-state index contributed by atoms with van der Waals surface area (Å²) in [7, 11) is -2.30. The maximum Gasteiger partial charge on any atom is 0.418 e. The van der Waals surface area contributed by atoms with Gasteiger partial charge in [0.05, 0.1) is 6.07 Å². The number of nitrogens with zero attached hydrogens (tertiary/aromatic N) is 2. The standard InChI is InChI=1S/C19H24N2O5S/c1-25-18-17(27(2,23)24)21(19(22)26-18)16-9-7-15(8-10-16)14-5-3-13(4-6-14)11-12-20/h7-10,13-14,17-18H,3-6,11H2,1-2H3/t13-,14-,17?,18?. The van der Waals surface area contributed by atoms with Crippen LogP contribution in [-0.2, 0) is 19.3 Å². The number of carbonyl (C=O) groups excluding carboxylic acids is 1. The highest BCUT2D eigenvalue weighted by molar-refractivity contribution is 7.91. The number of nitriles is 1. The Bertz CT molecular complexity index is 823. The average molecular weight is 392 g/mol. The second kappa shape index (κ2) is 7.87. The molecule has 1 amide bonds. The van der Waals surface area contributed by atoms with Crippen LogP contribution in [0.25, 0.3) is 0 Å². The maximum atomic E-state index is 12.2. The van der Waals surface area contributed by atoms with Crippen LogP contribution in [0.5, 0.6) is 0 Å². The van der Waals surface area contributed by atoms with Gasteiger partial charge in [0.15, 0.2) is 9.84 Å². The fraction of sp³-hybridized carbons (Fsp3) is 0.579. The van der Waals surface area contributed by atoms with Crippen LogP contribution in [0, 0.1) is 17.2 Å². The molecule has 1 aromatic rings. The molecule has 3 rings (SSSR count). The van der Waals surface area contributed by atoms with E-state index in [0.717, 1.165) is 36.8 Å². The smallest absolute Gasteiger partial charge is 0.416 e. The number of hydrogen-bond acceptors (Lipinski definition) is 6. The van der Waals surface area contributed by atoms with Gasteiger partial charge in [0, 0.05) is 25.5 Å². The van der Waals surface area contributed by atoms with Gasteiger partial charge in [0.2, 0.25) is 11.7 Å². The molecule has 2 atom stereocenters. The zero-order valence-corrected chi connectivity index (χ0v) is 16.3. The lowest BCUT2D eigenvalue weighted by Crippen LogP contribution is -2.43. The molecule has 27 heavy (non-hydrogen) atoms. The molecule has 0 bridgehead atoms. The SMILES string of the molecule is COC1OC(=O)N(c2ccc([C@H]3CC[C@H](CC#N)CC3)cc2)C1S(C)(=O)=O. The van der Waals surface area contributed by atoms with Crippen LogP contribution in [0.3, 0.4) is 0 Å². The Kier molecular flexibility index (Phi) is 5.72. The number of cyclic esters (lactones) is 1. The molecule has 2 fully saturated rings. The molecule has 8 heteroatoms. The monoisotopic (exact) mass is 392 g/mol. The number of anilines is 1. The number of benzene rings is 1. The lowest BCUT2D eigenvalue weighted by molar-refractivity contribution is -0.0550. The maximum absolute atomic E-state index is 12.2. The zero-order valence-electron chi connectivity index (χ0n) is 15.5. The van der Waals surface area contributed by atoms with Gasteiger partial charge in [-0.3, -0.25) is 4.90 Å². The normalized spacial score (nSPS) is 28.6. The second-order valence-corrected chi connectivity index (χ2v) is 9.39. The van der Waals surface area contributed by atoms with Crippen LogP contribution in [0.4, 0.5) is 10.5 Å². The topological polar surface area (TPSA) is 96.7 Å². The van der Waals surface area contributed by atoms with E-state index < -0.39 is 27.6 Å². The second-order valence-electron chi connectivity index (χ2n) is 7.25. The summed E-state index contributed by atoms with van der Waals surface area (Å²) in [5.74, 6) is 0.920. The quantitative estimate of drug-likeness (QED) is 0.763. The van der Waals surface area contributed by atoms with E-state index in [1.165, 1.54) is 12.7 Å². The first-order valence-electron chi connectivity index (χ1n) is 9.03. The fourth-order valence-electron chi connectivity index (χ4n) is 3.99. The summed E-state index contributed by atoms with van der Waals surface area (Å²) in [4.78, 5) is 13.4. The van der Waals surface area contributed by atoms with E-state index in [0.29, 0.717) is 23.9 Å². The van der Waals surface area contributed by atoms with Gasteiger partial charge in [-0.2, -0.15) is 5.26 Å². The third kappa shape index (κ3) is 4.09. The number of methoxy groups -OCH3 is 1. The van der Waals surface area contributed by atoms with Gasteiger partial charge >= 0.3 is 6.09 Å². The van der Waals surface area contributed by atoms with Gasteiger partial charge in [-0.25, -0.2) is 13.2 Å². The predicted octanol–water partition coefficient (Wildman–Crippen LogP) is 3.17. The molecule has 2 unspecified atom stereocenters. The summed E-state index contributed by atoms with van der Waals surface area (Å²) in [6, 6.07) is 9.65. The minimum Gasteiger partial charge on any atom is -0.416 e. The third-order valence-electron chi connectivity index (χ3n) is 5.44. The molecule has 0 spiro atoms. The van der Waals surface area contributed by atoms with Gasteiger partial charge in [0.1, 0.15) is 0 Å². The Morgan fingerprint density at radius 1 is 1.22 bits per heavy atom. The predicted molar refractivity (Wildman–Crippen MR) is 99.8 cm³/mol. The molecule has 146 valence electrons. The van der Waals surface area contributed by atoms with Crippen molar-refractivity contribution in [2.45, 2.75) is 49.7 Å². The molecule has 1 aliphatic carbocycles. The molecule has 0 aromatic heterocycles. The number of rotatable bonds is 5. The molecule has 1 saturated heterocycles. The number of carbonyl (C=O) groups is 1. The summed E-state index contributed by atoms with van der Waals surface area (Å²) in [5.41, 5.74) is 1.64. The number of ether oxygens (including phenoxy) is 2. The van der Waals surface area contributed by atoms with Crippen LogP contribution < -0.4 is 4.90 Å². The van der Waals surface area contributed by atoms with Crippen molar-refractivity contribution in [2.24, 2.45) is 5.92 Å². The van der Waals surface area contributed by atoms with Crippen molar-refractivity contribution < 1.29 is 22.7 Å². The summed E-state index contributed by atoms with van der Waals surface area (Å²) < 4.78 is 34.4. The molecule has 7 nitrogen and oxygen atoms in total. The minimum absolute atomic E-state index is 0.428. The van der Waals surface area contributed by atoms with E-state index in [1.807, 2.05) is 12.1 Å². The van der Waals surface area contributed by atoms with Crippen LogP contribution in [0.2, 0.25) is 0 Å². The van der Waals surface area contributed by atoms with E-state index in [-0.39, 0.29) is 0 Å². The van der Waals surface area contributed by atoms with Crippen LogP contribution in [-0.4, -0.2) is 39.5 Å². The number of amides is 1. The van der Waals surface area contributed by atoms with Crippen LogP contribution in [0.1, 0.15) is 43.6 Å². The van der Waals surface area contributed by atoms with Gasteiger partial charge in [0.25, 0.3) is 0 Å². The molecule has 2 aliphatic rings. The van der Waals surface area contributed by atoms with Crippen molar-refractivity contribution in [3.8, 4) is 6.07 Å². The van der Waals surface area contributed by atoms with E-state index in [4.69, 9.17) is 14.7 Å². The lowest BCUT2D eigenvalue weighted by atomic mass is 9.78. The molecule has 1 aromatic carbocycles. The lowest BCUT2D eigenvalue weighted by Gasteiger charge is -2.28. The Labute approximate surface area is 159 Å². The van der Waals surface area contributed by atoms with Crippen molar-refractivity contribution in [3.63, 3.8) is 0 Å². The summed E-state index contributed by atoms with van der Waals surface area (Å²) in [6.07, 6.45) is 3.96. The number of sulfone groups is 1. The van der Waals surface area contributed by atoms with Crippen molar-refractivity contribution in [2.75, 3.05) is 18.3 Å². The average Bonchev–Trinajstić information content (AvgIpc) is 3.00. The van der Waals surface area contributed by atoms with E-state index in [1.54, 1.807) is 12.1 Å². The van der Waals surface area contributed by atoms with Gasteiger partial charge < -0.3 is 9.47 Å². The first-order chi connectivity index (χ1) is 12.8. The highest BCUT2D eigenvalue weighted by atomic mass is 32.2. The molecular formula is C19H24N2O5S. The molecule has 1 saturated carbocycles. The van der Waals surface area contributed by atoms with E-state index >= 15 is 0 Å². The zero-order chi connectivity index (χ0) is 19.6. The Morgan fingerprint density at radius 2 is 1.85 bits per heavy atom. The van der Waals surface area contributed by atoms with Crippen molar-refractivity contribution >= 4 is 21.6 Å². The molecule has 1 heterocycles. The van der Waals surface area contributed by atoms with Crippen LogP contribution in [0.15, 0.2) is 24.3 Å². The van der Waals surface area contributed by atoms with Gasteiger partial charge in [-0.1, -0.05) is 12.1 Å². The highest BCUT2D eigenvalue weighted by Gasteiger charge is 2.49. The minimum atomic E-state index is -3.61. The molecule has 0 radical (unpaired) electrons. The summed E-state index contributed by atoms with van der Waals surface area (Å²) >= 11 is 0. The fourth-order valence-corrected chi connectivity index (χ4v) is 5.15. The molecule has 0 N–H and O–H groups in total. The van der Waals surface area contributed by atoms with Crippen LogP contribution >= 0.6 is 0 Å². The molecular weight excluding hydrogens is 368 g/mol. The summed E-state index contributed by atoms with van der Waals surface area (Å²) in [5, 5.41) is 7.62. The van der Waals surface area contributed by atoms with E-state index in [9.17, 15) is 13.2 Å². The Morgan fingerprint density at radius 3 is 2.37 bits per heavy atom. The third-order valence-corrected chi connectivity index (χ3v) is 6.75. The first kappa shape index (κ1) is 19.6. The van der Waals surface area contributed by atoms with Crippen molar-refractivity contribution in [1.29, 1.82) is 5.26 Å². The molecule has 1 aliphatic heterocycles. The largest absolute Gasteiger partial charge is 0.418 e. The number of hydrogen-bond donors (Lipinski definition) is 0. The first-order valence-corrected chi connectivity index (χ1v) is 11.0. The van der Waals surface area contributed by atoms with Crippen molar-refractivity contribution in [3.05, 3.63) is 29.8 Å². The Balaban J connectivity index is 1.77. The van der Waals surface area contributed by atoms with Gasteiger partial charge in [-0.15, -0.1) is 0 Å². The van der Waals surface area contributed by atoms with E-state index in [2.05, 4.69) is 6.07 Å². The Hall–Kier alpha value is -2.11.